The Morgan fingerprint density at radius 2 is 1.68 bits per heavy atom. The van der Waals surface area contributed by atoms with Crippen molar-refractivity contribution in [3.63, 3.8) is 0 Å². The zero-order chi connectivity index (χ0) is 18.6. The van der Waals surface area contributed by atoms with E-state index in [2.05, 4.69) is 0 Å². The maximum atomic E-state index is 14.0. The predicted octanol–water partition coefficient (Wildman–Crippen LogP) is 2.66. The Bertz CT molecular complexity index is 732. The van der Waals surface area contributed by atoms with Gasteiger partial charge in [-0.15, -0.1) is 0 Å². The number of amides is 1. The molecule has 140 valence electrons. The molecule has 0 spiro atoms. The summed E-state index contributed by atoms with van der Waals surface area (Å²) in [6.45, 7) is 0.880. The molecular formula is C16H21F3N2O3S. The molecule has 0 radical (unpaired) electrons. The maximum absolute atomic E-state index is 14.0. The summed E-state index contributed by atoms with van der Waals surface area (Å²) in [5.41, 5.74) is -0.606. The van der Waals surface area contributed by atoms with Gasteiger partial charge in [-0.05, 0) is 25.0 Å². The topological polar surface area (TPSA) is 57.7 Å². The van der Waals surface area contributed by atoms with E-state index in [4.69, 9.17) is 0 Å². The van der Waals surface area contributed by atoms with E-state index in [9.17, 15) is 26.4 Å². The SMILES string of the molecule is CS(=O)(=O)N(CCC(=O)N1CCCCCC1)c1ccc(F)c(F)c1F. The van der Waals surface area contributed by atoms with Gasteiger partial charge in [0.25, 0.3) is 0 Å². The van der Waals surface area contributed by atoms with Crippen molar-refractivity contribution in [2.45, 2.75) is 32.1 Å². The van der Waals surface area contributed by atoms with Gasteiger partial charge in [0.05, 0.1) is 11.9 Å². The Kier molecular flexibility index (Phi) is 6.31. The van der Waals surface area contributed by atoms with Crippen molar-refractivity contribution in [2.24, 2.45) is 0 Å². The van der Waals surface area contributed by atoms with Gasteiger partial charge < -0.3 is 4.90 Å². The Morgan fingerprint density at radius 3 is 2.24 bits per heavy atom. The number of anilines is 1. The van der Waals surface area contributed by atoms with Crippen LogP contribution >= 0.6 is 0 Å². The lowest BCUT2D eigenvalue weighted by Gasteiger charge is -2.25. The number of rotatable bonds is 5. The van der Waals surface area contributed by atoms with Crippen LogP contribution in [-0.4, -0.2) is 45.1 Å². The average molecular weight is 378 g/mol. The van der Waals surface area contributed by atoms with Gasteiger partial charge in [0.15, 0.2) is 17.5 Å². The molecule has 1 aromatic carbocycles. The lowest BCUT2D eigenvalue weighted by molar-refractivity contribution is -0.130. The standard InChI is InChI=1S/C16H21F3N2O3S/c1-25(23,24)21(13-7-6-12(17)15(18)16(13)19)11-8-14(22)20-9-4-2-3-5-10-20/h6-7H,2-5,8-11H2,1H3. The van der Waals surface area contributed by atoms with Crippen LogP contribution in [0.4, 0.5) is 18.9 Å². The highest BCUT2D eigenvalue weighted by molar-refractivity contribution is 7.92. The molecule has 9 heteroatoms. The first kappa shape index (κ1) is 19.6. The second kappa shape index (κ2) is 8.07. The fourth-order valence-electron chi connectivity index (χ4n) is 2.85. The quantitative estimate of drug-likeness (QED) is 0.740. The molecule has 1 fully saturated rings. The van der Waals surface area contributed by atoms with Gasteiger partial charge >= 0.3 is 0 Å². The number of benzene rings is 1. The molecule has 0 aliphatic carbocycles. The van der Waals surface area contributed by atoms with Crippen LogP contribution in [0, 0.1) is 17.5 Å². The van der Waals surface area contributed by atoms with E-state index in [1.54, 1.807) is 4.90 Å². The molecule has 1 aliphatic rings. The fourth-order valence-corrected chi connectivity index (χ4v) is 3.77. The minimum absolute atomic E-state index is 0.161. The van der Waals surface area contributed by atoms with Crippen LogP contribution in [0.15, 0.2) is 12.1 Å². The summed E-state index contributed by atoms with van der Waals surface area (Å²) >= 11 is 0. The van der Waals surface area contributed by atoms with E-state index in [0.29, 0.717) is 23.5 Å². The first-order chi connectivity index (χ1) is 11.7. The summed E-state index contributed by atoms with van der Waals surface area (Å²) in [5, 5.41) is 0. The monoisotopic (exact) mass is 378 g/mol. The Labute approximate surface area is 145 Å². The van der Waals surface area contributed by atoms with Crippen molar-refractivity contribution in [2.75, 3.05) is 30.2 Å². The second-order valence-electron chi connectivity index (χ2n) is 6.07. The molecule has 0 aromatic heterocycles. The molecule has 25 heavy (non-hydrogen) atoms. The summed E-state index contributed by atoms with van der Waals surface area (Å²) in [7, 11) is -3.97. The molecule has 1 saturated heterocycles. The third kappa shape index (κ3) is 4.87. The molecule has 5 nitrogen and oxygen atoms in total. The largest absolute Gasteiger partial charge is 0.343 e. The zero-order valence-electron chi connectivity index (χ0n) is 14.0. The minimum Gasteiger partial charge on any atom is -0.343 e. The fraction of sp³-hybridized carbons (Fsp3) is 0.562. The van der Waals surface area contributed by atoms with Crippen molar-refractivity contribution in [1.29, 1.82) is 0 Å². The average Bonchev–Trinajstić information content (AvgIpc) is 2.82. The number of halogens is 3. The third-order valence-corrected chi connectivity index (χ3v) is 5.35. The number of carbonyl (C=O) groups excluding carboxylic acids is 1. The summed E-state index contributed by atoms with van der Waals surface area (Å²) in [4.78, 5) is 14.0. The number of hydrogen-bond donors (Lipinski definition) is 0. The first-order valence-corrected chi connectivity index (χ1v) is 9.95. The van der Waals surface area contributed by atoms with Crippen LogP contribution in [0.5, 0.6) is 0 Å². The van der Waals surface area contributed by atoms with E-state index in [1.165, 1.54) is 0 Å². The normalized spacial score (nSPS) is 15.8. The lowest BCUT2D eigenvalue weighted by Crippen LogP contribution is -2.37. The number of likely N-dealkylation sites (tertiary alicyclic amines) is 1. The highest BCUT2D eigenvalue weighted by Crippen LogP contribution is 2.26. The Hall–Kier alpha value is -1.77. The van der Waals surface area contributed by atoms with Crippen LogP contribution in [0.2, 0.25) is 0 Å². The summed E-state index contributed by atoms with van der Waals surface area (Å²) < 4.78 is 64.9. The van der Waals surface area contributed by atoms with E-state index in [-0.39, 0.29) is 18.9 Å². The molecule has 0 unspecified atom stereocenters. The van der Waals surface area contributed by atoms with E-state index < -0.39 is 33.2 Å². The number of carbonyl (C=O) groups is 1. The molecule has 0 saturated carbocycles. The number of sulfonamides is 1. The highest BCUT2D eigenvalue weighted by atomic mass is 32.2. The molecule has 1 aliphatic heterocycles. The van der Waals surface area contributed by atoms with Gasteiger partial charge in [-0.1, -0.05) is 12.8 Å². The van der Waals surface area contributed by atoms with Crippen LogP contribution in [0.1, 0.15) is 32.1 Å². The van der Waals surface area contributed by atoms with E-state index in [0.717, 1.165) is 38.0 Å². The van der Waals surface area contributed by atoms with E-state index >= 15 is 0 Å². The van der Waals surface area contributed by atoms with Crippen LogP contribution in [-0.2, 0) is 14.8 Å². The first-order valence-electron chi connectivity index (χ1n) is 8.11. The van der Waals surface area contributed by atoms with Crippen LogP contribution < -0.4 is 4.31 Å². The van der Waals surface area contributed by atoms with Crippen molar-refractivity contribution in [1.82, 2.24) is 4.90 Å². The number of nitrogens with zero attached hydrogens (tertiary/aromatic N) is 2. The van der Waals surface area contributed by atoms with Gasteiger partial charge in [-0.2, -0.15) is 0 Å². The van der Waals surface area contributed by atoms with Crippen LogP contribution in [0.3, 0.4) is 0 Å². The Balaban J connectivity index is 2.17. The maximum Gasteiger partial charge on any atom is 0.232 e. The number of hydrogen-bond acceptors (Lipinski definition) is 3. The highest BCUT2D eigenvalue weighted by Gasteiger charge is 2.26. The van der Waals surface area contributed by atoms with Crippen molar-refractivity contribution in [3.05, 3.63) is 29.6 Å². The second-order valence-corrected chi connectivity index (χ2v) is 7.98. The molecule has 1 amide bonds. The van der Waals surface area contributed by atoms with Crippen molar-refractivity contribution >= 4 is 21.6 Å². The molecule has 0 bridgehead atoms. The van der Waals surface area contributed by atoms with Crippen molar-refractivity contribution < 1.29 is 26.4 Å². The molecule has 1 aromatic rings. The summed E-state index contributed by atoms with van der Waals surface area (Å²) in [6, 6.07) is 1.51. The molecule has 2 rings (SSSR count). The Morgan fingerprint density at radius 1 is 1.08 bits per heavy atom. The minimum atomic E-state index is -3.97. The summed E-state index contributed by atoms with van der Waals surface area (Å²) in [6.07, 6.45) is 4.52. The molecule has 0 N–H and O–H groups in total. The molecule has 0 atom stereocenters. The summed E-state index contributed by atoms with van der Waals surface area (Å²) in [5.74, 6) is -4.98. The predicted molar refractivity (Wildman–Crippen MR) is 88.2 cm³/mol. The zero-order valence-corrected chi connectivity index (χ0v) is 14.8. The third-order valence-electron chi connectivity index (χ3n) is 4.17. The van der Waals surface area contributed by atoms with Gasteiger partial charge in [0.1, 0.15) is 0 Å². The van der Waals surface area contributed by atoms with E-state index in [1.807, 2.05) is 0 Å². The van der Waals surface area contributed by atoms with Crippen LogP contribution in [0.25, 0.3) is 0 Å². The van der Waals surface area contributed by atoms with Gasteiger partial charge in [0, 0.05) is 26.1 Å². The smallest absolute Gasteiger partial charge is 0.232 e. The molecular weight excluding hydrogens is 357 g/mol. The lowest BCUT2D eigenvalue weighted by atomic mass is 10.2. The van der Waals surface area contributed by atoms with Crippen molar-refractivity contribution in [3.8, 4) is 0 Å². The van der Waals surface area contributed by atoms with Gasteiger partial charge in [0.2, 0.25) is 15.9 Å². The van der Waals surface area contributed by atoms with Gasteiger partial charge in [-0.3, -0.25) is 9.10 Å². The molecule has 1 heterocycles. The van der Waals surface area contributed by atoms with Gasteiger partial charge in [-0.25, -0.2) is 21.6 Å².